The molecule has 1 N–H and O–H groups in total. The summed E-state index contributed by atoms with van der Waals surface area (Å²) in [6.07, 6.45) is -0.0862. The second-order valence-corrected chi connectivity index (χ2v) is 14.8. The molecule has 8 nitrogen and oxygen atoms in total. The first kappa shape index (κ1) is 29.2. The largest absolute Gasteiger partial charge is 0.449 e. The van der Waals surface area contributed by atoms with Crippen molar-refractivity contribution >= 4 is 41.9 Å². The topological polar surface area (TPSA) is 104 Å². The number of pyridine rings is 1. The standard InChI is InChI=1S/C28H34ClFN3O5P/c1-27(2,3)18-14-21(17-7-8-19(29)20(30)13-17)31-22-15-23(38-25(18)22)26(35)33-11-10-32(16-28(33,4)5)24(34)9-12-39(6,36)37/h7-8,13-15H,9-12,16H2,1-6H3,(H,36,37). The fraction of sp³-hybridized carbons (Fsp3) is 0.464. The number of hydrogen-bond acceptors (Lipinski definition) is 5. The third-order valence-electron chi connectivity index (χ3n) is 6.95. The van der Waals surface area contributed by atoms with Crippen molar-refractivity contribution in [1.82, 2.24) is 14.8 Å². The second kappa shape index (κ2) is 10.3. The van der Waals surface area contributed by atoms with Gasteiger partial charge in [-0.15, -0.1) is 0 Å². The van der Waals surface area contributed by atoms with Crippen molar-refractivity contribution in [3.05, 3.63) is 52.5 Å². The molecule has 1 atom stereocenters. The van der Waals surface area contributed by atoms with Crippen molar-refractivity contribution in [2.45, 2.75) is 52.0 Å². The molecule has 0 radical (unpaired) electrons. The number of carbonyl (C=O) groups is 2. The van der Waals surface area contributed by atoms with Gasteiger partial charge in [-0.2, -0.15) is 0 Å². The van der Waals surface area contributed by atoms with E-state index in [0.29, 0.717) is 28.9 Å². The number of aromatic nitrogens is 1. The van der Waals surface area contributed by atoms with Gasteiger partial charge in [-0.1, -0.05) is 38.4 Å². The molecule has 39 heavy (non-hydrogen) atoms. The molecule has 0 aliphatic carbocycles. The molecule has 2 amide bonds. The van der Waals surface area contributed by atoms with Crippen LogP contribution < -0.4 is 0 Å². The van der Waals surface area contributed by atoms with E-state index in [9.17, 15) is 23.4 Å². The maximum atomic E-state index is 14.2. The molecule has 1 aromatic carbocycles. The molecule has 3 aromatic rings. The molecule has 210 valence electrons. The van der Waals surface area contributed by atoms with Gasteiger partial charge in [-0.25, -0.2) is 9.37 Å². The number of nitrogens with zero attached hydrogens (tertiary/aromatic N) is 3. The lowest BCUT2D eigenvalue weighted by atomic mass is 9.86. The summed E-state index contributed by atoms with van der Waals surface area (Å²) in [5.74, 6) is -0.948. The predicted octanol–water partition coefficient (Wildman–Crippen LogP) is 5.94. The molecule has 1 aliphatic rings. The van der Waals surface area contributed by atoms with Gasteiger partial charge in [0.15, 0.2) is 18.7 Å². The molecular formula is C28H34ClFN3O5P. The van der Waals surface area contributed by atoms with Crippen LogP contribution in [-0.4, -0.2) is 69.5 Å². The Morgan fingerprint density at radius 3 is 2.49 bits per heavy atom. The fourth-order valence-corrected chi connectivity index (χ4v) is 5.55. The van der Waals surface area contributed by atoms with E-state index in [2.05, 4.69) is 4.98 Å². The predicted molar refractivity (Wildman–Crippen MR) is 150 cm³/mol. The lowest BCUT2D eigenvalue weighted by Gasteiger charge is -2.46. The van der Waals surface area contributed by atoms with Gasteiger partial charge >= 0.3 is 0 Å². The average Bonchev–Trinajstić information content (AvgIpc) is 3.25. The van der Waals surface area contributed by atoms with Crippen LogP contribution in [-0.2, 0) is 14.8 Å². The Kier molecular flexibility index (Phi) is 7.76. The Morgan fingerprint density at radius 2 is 1.90 bits per heavy atom. The van der Waals surface area contributed by atoms with Crippen LogP contribution in [0.5, 0.6) is 0 Å². The maximum absolute atomic E-state index is 14.2. The molecule has 1 unspecified atom stereocenters. The number of benzene rings is 1. The minimum Gasteiger partial charge on any atom is -0.449 e. The highest BCUT2D eigenvalue weighted by Gasteiger charge is 2.40. The van der Waals surface area contributed by atoms with Crippen LogP contribution in [0.1, 0.15) is 57.2 Å². The SMILES string of the molecule is CC(C)(C)c1cc(-c2ccc(Cl)c(F)c2)nc2cc(C(=O)N3CCN(C(=O)CCP(C)(=O)O)CC3(C)C)oc12. The highest BCUT2D eigenvalue weighted by molar-refractivity contribution is 7.57. The molecule has 0 saturated carbocycles. The van der Waals surface area contributed by atoms with E-state index >= 15 is 0 Å². The molecule has 11 heteroatoms. The molecule has 1 aliphatic heterocycles. The zero-order valence-corrected chi connectivity index (χ0v) is 24.7. The number of carbonyl (C=O) groups excluding carboxylic acids is 2. The number of halogens is 2. The van der Waals surface area contributed by atoms with Gasteiger partial charge in [0.05, 0.1) is 16.3 Å². The average molecular weight is 578 g/mol. The summed E-state index contributed by atoms with van der Waals surface area (Å²) in [5, 5.41) is 0.0234. The van der Waals surface area contributed by atoms with Gasteiger partial charge in [0.2, 0.25) is 5.91 Å². The van der Waals surface area contributed by atoms with Gasteiger partial charge in [0, 0.05) is 56.1 Å². The number of rotatable bonds is 5. The number of fused-ring (bicyclic) bond motifs is 1. The minimum atomic E-state index is -3.28. The number of furan rings is 1. The quantitative estimate of drug-likeness (QED) is 0.377. The van der Waals surface area contributed by atoms with Gasteiger partial charge < -0.3 is 19.1 Å². The van der Waals surface area contributed by atoms with Crippen LogP contribution in [0.3, 0.4) is 0 Å². The summed E-state index contributed by atoms with van der Waals surface area (Å²) in [6.45, 7) is 11.9. The van der Waals surface area contributed by atoms with Gasteiger partial charge in [-0.05, 0) is 37.5 Å². The van der Waals surface area contributed by atoms with Crippen LogP contribution >= 0.6 is 19.0 Å². The molecular weight excluding hydrogens is 544 g/mol. The molecule has 2 aromatic heterocycles. The highest BCUT2D eigenvalue weighted by atomic mass is 35.5. The summed E-state index contributed by atoms with van der Waals surface area (Å²) >= 11 is 5.87. The molecule has 4 rings (SSSR count). The molecule has 1 saturated heterocycles. The van der Waals surface area contributed by atoms with E-state index in [1.807, 2.05) is 40.7 Å². The van der Waals surface area contributed by atoms with Crippen molar-refractivity contribution in [2.75, 3.05) is 32.5 Å². The Hall–Kier alpha value is -2.74. The summed E-state index contributed by atoms with van der Waals surface area (Å²) in [4.78, 5) is 43.9. The molecule has 0 spiro atoms. The van der Waals surface area contributed by atoms with E-state index in [4.69, 9.17) is 16.0 Å². The fourth-order valence-electron chi connectivity index (χ4n) is 4.83. The number of hydrogen-bond donors (Lipinski definition) is 1. The van der Waals surface area contributed by atoms with Crippen LogP contribution in [0.4, 0.5) is 4.39 Å². The summed E-state index contributed by atoms with van der Waals surface area (Å²) in [5.41, 5.74) is 1.82. The second-order valence-electron chi connectivity index (χ2n) is 11.9. The number of amides is 2. The molecule has 1 fully saturated rings. The Balaban J connectivity index is 1.64. The van der Waals surface area contributed by atoms with E-state index in [1.165, 1.54) is 18.8 Å². The van der Waals surface area contributed by atoms with Crippen LogP contribution in [0, 0.1) is 5.82 Å². The van der Waals surface area contributed by atoms with Gasteiger partial charge in [0.25, 0.3) is 5.91 Å². The first-order valence-electron chi connectivity index (χ1n) is 12.8. The lowest BCUT2D eigenvalue weighted by molar-refractivity contribution is -0.135. The van der Waals surface area contributed by atoms with Crippen molar-refractivity contribution < 1.29 is 27.9 Å². The first-order valence-corrected chi connectivity index (χ1v) is 15.4. The summed E-state index contributed by atoms with van der Waals surface area (Å²) in [6, 6.07) is 7.96. The zero-order valence-electron chi connectivity index (χ0n) is 23.0. The highest BCUT2D eigenvalue weighted by Crippen LogP contribution is 2.37. The summed E-state index contributed by atoms with van der Waals surface area (Å²) < 4.78 is 31.9. The van der Waals surface area contributed by atoms with Crippen molar-refractivity contribution in [2.24, 2.45) is 0 Å². The van der Waals surface area contributed by atoms with E-state index < -0.39 is 18.7 Å². The lowest BCUT2D eigenvalue weighted by Crippen LogP contribution is -2.62. The molecule has 0 bridgehead atoms. The third kappa shape index (κ3) is 6.37. The van der Waals surface area contributed by atoms with Crippen molar-refractivity contribution in [3.8, 4) is 11.3 Å². The van der Waals surface area contributed by atoms with Gasteiger partial charge in [-0.3, -0.25) is 14.2 Å². The van der Waals surface area contributed by atoms with Crippen molar-refractivity contribution in [3.63, 3.8) is 0 Å². The van der Waals surface area contributed by atoms with E-state index in [1.54, 1.807) is 21.9 Å². The van der Waals surface area contributed by atoms with E-state index in [-0.39, 0.29) is 53.7 Å². The van der Waals surface area contributed by atoms with Crippen LogP contribution in [0.15, 0.2) is 34.7 Å². The summed E-state index contributed by atoms with van der Waals surface area (Å²) in [7, 11) is -3.28. The Morgan fingerprint density at radius 1 is 1.21 bits per heavy atom. The minimum absolute atomic E-state index is 0.0149. The monoisotopic (exact) mass is 577 g/mol. The zero-order chi connectivity index (χ0) is 28.9. The Labute approximate surface area is 232 Å². The van der Waals surface area contributed by atoms with E-state index in [0.717, 1.165) is 5.56 Å². The third-order valence-corrected chi connectivity index (χ3v) is 8.31. The molecule has 3 heterocycles. The number of piperazine rings is 1. The normalized spacial score (nSPS) is 17.4. The van der Waals surface area contributed by atoms with Gasteiger partial charge in [0.1, 0.15) is 11.3 Å². The van der Waals surface area contributed by atoms with Crippen molar-refractivity contribution in [1.29, 1.82) is 0 Å². The Bertz CT molecular complexity index is 1490. The maximum Gasteiger partial charge on any atom is 0.290 e. The van der Waals surface area contributed by atoms with Crippen LogP contribution in [0.25, 0.3) is 22.4 Å². The first-order chi connectivity index (χ1) is 18.0. The van der Waals surface area contributed by atoms with Crippen LogP contribution in [0.2, 0.25) is 5.02 Å². The smallest absolute Gasteiger partial charge is 0.290 e.